The predicted octanol–water partition coefficient (Wildman–Crippen LogP) is 2.57. The van der Waals surface area contributed by atoms with E-state index in [0.717, 1.165) is 43.6 Å². The highest BCUT2D eigenvalue weighted by atomic mass is 16.3. The summed E-state index contributed by atoms with van der Waals surface area (Å²) in [4.78, 5) is 4.66. The molecule has 0 radical (unpaired) electrons. The van der Waals surface area contributed by atoms with E-state index in [2.05, 4.69) is 29.5 Å². The van der Waals surface area contributed by atoms with E-state index < -0.39 is 0 Å². The third kappa shape index (κ3) is 5.37. The first kappa shape index (κ1) is 14.0. The van der Waals surface area contributed by atoms with Gasteiger partial charge in [0.05, 0.1) is 6.26 Å². The molecule has 1 aliphatic rings. The second kappa shape index (κ2) is 7.22. The molecule has 1 aromatic rings. The zero-order valence-electron chi connectivity index (χ0n) is 12.0. The lowest BCUT2D eigenvalue weighted by Gasteiger charge is -2.16. The maximum absolute atomic E-state index is 5.33. The quantitative estimate of drug-likeness (QED) is 0.587. The minimum absolute atomic E-state index is 0.453. The van der Waals surface area contributed by atoms with Gasteiger partial charge >= 0.3 is 0 Å². The van der Waals surface area contributed by atoms with Crippen LogP contribution in [0.4, 0.5) is 0 Å². The fraction of sp³-hybridized carbons (Fsp3) is 0.667. The van der Waals surface area contributed by atoms with Gasteiger partial charge in [0.15, 0.2) is 5.96 Å². The van der Waals surface area contributed by atoms with E-state index in [0.29, 0.717) is 6.04 Å². The first-order chi connectivity index (χ1) is 9.28. The lowest BCUT2D eigenvalue weighted by molar-refractivity contribution is 0.506. The summed E-state index contributed by atoms with van der Waals surface area (Å²) in [6.45, 7) is 6.16. The Morgan fingerprint density at radius 2 is 2.37 bits per heavy atom. The summed E-state index contributed by atoms with van der Waals surface area (Å²) in [5.41, 5.74) is 0. The van der Waals surface area contributed by atoms with Crippen LogP contribution in [-0.4, -0.2) is 25.1 Å². The first-order valence-electron chi connectivity index (χ1n) is 7.35. The average molecular weight is 263 g/mol. The summed E-state index contributed by atoms with van der Waals surface area (Å²) in [5, 5.41) is 6.82. The van der Waals surface area contributed by atoms with E-state index >= 15 is 0 Å². The molecule has 0 amide bonds. The SMILES string of the molecule is CCC(C)NC(=NCC1CC1)NCCc1ccco1. The number of aliphatic imine (C=N–C) groups is 1. The number of nitrogens with zero attached hydrogens (tertiary/aromatic N) is 1. The van der Waals surface area contributed by atoms with Crippen LogP contribution in [0.25, 0.3) is 0 Å². The third-order valence-corrected chi connectivity index (χ3v) is 3.44. The van der Waals surface area contributed by atoms with E-state index in [1.54, 1.807) is 6.26 Å². The second-order valence-electron chi connectivity index (χ2n) is 5.34. The molecule has 1 unspecified atom stereocenters. The summed E-state index contributed by atoms with van der Waals surface area (Å²) in [6.07, 6.45) is 6.38. The maximum Gasteiger partial charge on any atom is 0.191 e. The molecule has 106 valence electrons. The van der Waals surface area contributed by atoms with Crippen LogP contribution in [0, 0.1) is 5.92 Å². The van der Waals surface area contributed by atoms with Gasteiger partial charge in [-0.3, -0.25) is 4.99 Å². The monoisotopic (exact) mass is 263 g/mol. The van der Waals surface area contributed by atoms with Gasteiger partial charge in [0.25, 0.3) is 0 Å². The minimum atomic E-state index is 0.453. The molecule has 1 aliphatic carbocycles. The molecule has 2 rings (SSSR count). The minimum Gasteiger partial charge on any atom is -0.469 e. The maximum atomic E-state index is 5.33. The van der Waals surface area contributed by atoms with Crippen molar-refractivity contribution in [3.8, 4) is 0 Å². The van der Waals surface area contributed by atoms with Crippen LogP contribution < -0.4 is 10.6 Å². The Morgan fingerprint density at radius 3 is 3.00 bits per heavy atom. The van der Waals surface area contributed by atoms with Crippen LogP contribution in [0.2, 0.25) is 0 Å². The average Bonchev–Trinajstić information content (AvgIpc) is 3.11. The van der Waals surface area contributed by atoms with Gasteiger partial charge in [-0.15, -0.1) is 0 Å². The standard InChI is InChI=1S/C15H25N3O/c1-3-12(2)18-15(17-11-13-6-7-13)16-9-8-14-5-4-10-19-14/h4-5,10,12-13H,3,6-9,11H2,1-2H3,(H2,16,17,18). The molecular formula is C15H25N3O. The van der Waals surface area contributed by atoms with Crippen LogP contribution in [0.1, 0.15) is 38.9 Å². The van der Waals surface area contributed by atoms with Crippen molar-refractivity contribution in [2.75, 3.05) is 13.1 Å². The molecule has 19 heavy (non-hydrogen) atoms. The van der Waals surface area contributed by atoms with E-state index in [1.807, 2.05) is 12.1 Å². The molecule has 0 bridgehead atoms. The summed E-state index contributed by atoms with van der Waals surface area (Å²) in [7, 11) is 0. The van der Waals surface area contributed by atoms with Gasteiger partial charge in [0, 0.05) is 25.6 Å². The first-order valence-corrected chi connectivity index (χ1v) is 7.35. The number of hydrogen-bond acceptors (Lipinski definition) is 2. The highest BCUT2D eigenvalue weighted by molar-refractivity contribution is 5.80. The van der Waals surface area contributed by atoms with E-state index in [4.69, 9.17) is 4.42 Å². The molecule has 2 N–H and O–H groups in total. The molecule has 0 saturated heterocycles. The Hall–Kier alpha value is -1.45. The van der Waals surface area contributed by atoms with Crippen molar-refractivity contribution in [2.24, 2.45) is 10.9 Å². The molecule has 1 fully saturated rings. The molecule has 0 aromatic carbocycles. The molecule has 4 heteroatoms. The molecular weight excluding hydrogens is 238 g/mol. The van der Waals surface area contributed by atoms with Crippen LogP contribution >= 0.6 is 0 Å². The highest BCUT2D eigenvalue weighted by Gasteiger charge is 2.20. The Morgan fingerprint density at radius 1 is 1.53 bits per heavy atom. The fourth-order valence-corrected chi connectivity index (χ4v) is 1.77. The second-order valence-corrected chi connectivity index (χ2v) is 5.34. The highest BCUT2D eigenvalue weighted by Crippen LogP contribution is 2.28. The Bertz CT molecular complexity index is 382. The summed E-state index contributed by atoms with van der Waals surface area (Å²) in [6, 6.07) is 4.38. The van der Waals surface area contributed by atoms with Crippen molar-refractivity contribution in [2.45, 2.75) is 45.6 Å². The van der Waals surface area contributed by atoms with Crippen LogP contribution in [0.15, 0.2) is 27.8 Å². The van der Waals surface area contributed by atoms with Crippen LogP contribution in [0.5, 0.6) is 0 Å². The molecule has 1 saturated carbocycles. The van der Waals surface area contributed by atoms with Gasteiger partial charge in [0.2, 0.25) is 0 Å². The largest absolute Gasteiger partial charge is 0.469 e. The summed E-state index contributed by atoms with van der Waals surface area (Å²) >= 11 is 0. The topological polar surface area (TPSA) is 49.6 Å². The van der Waals surface area contributed by atoms with Crippen molar-refractivity contribution in [3.63, 3.8) is 0 Å². The Labute approximate surface area is 115 Å². The number of nitrogens with one attached hydrogen (secondary N) is 2. The molecule has 0 spiro atoms. The van der Waals surface area contributed by atoms with Crippen molar-refractivity contribution in [1.82, 2.24) is 10.6 Å². The summed E-state index contributed by atoms with van der Waals surface area (Å²) in [5.74, 6) is 2.77. The number of rotatable bonds is 7. The van der Waals surface area contributed by atoms with Crippen molar-refractivity contribution >= 4 is 5.96 Å². The molecule has 1 atom stereocenters. The summed E-state index contributed by atoms with van der Waals surface area (Å²) < 4.78 is 5.33. The predicted molar refractivity (Wildman–Crippen MR) is 78.3 cm³/mol. The van der Waals surface area contributed by atoms with Crippen molar-refractivity contribution in [1.29, 1.82) is 0 Å². The molecule has 4 nitrogen and oxygen atoms in total. The van der Waals surface area contributed by atoms with Gasteiger partial charge in [-0.05, 0) is 44.2 Å². The molecule has 1 aromatic heterocycles. The van der Waals surface area contributed by atoms with Gasteiger partial charge in [-0.25, -0.2) is 0 Å². The Balaban J connectivity index is 1.76. The fourth-order valence-electron chi connectivity index (χ4n) is 1.77. The van der Waals surface area contributed by atoms with Gasteiger partial charge < -0.3 is 15.1 Å². The number of furan rings is 1. The number of hydrogen-bond donors (Lipinski definition) is 2. The van der Waals surface area contributed by atoms with Crippen LogP contribution in [-0.2, 0) is 6.42 Å². The zero-order valence-corrected chi connectivity index (χ0v) is 12.0. The van der Waals surface area contributed by atoms with E-state index in [9.17, 15) is 0 Å². The lowest BCUT2D eigenvalue weighted by Crippen LogP contribution is -2.43. The van der Waals surface area contributed by atoms with E-state index in [1.165, 1.54) is 12.8 Å². The van der Waals surface area contributed by atoms with Crippen molar-refractivity contribution in [3.05, 3.63) is 24.2 Å². The smallest absolute Gasteiger partial charge is 0.191 e. The molecule has 1 heterocycles. The Kier molecular flexibility index (Phi) is 5.31. The molecule has 0 aliphatic heterocycles. The third-order valence-electron chi connectivity index (χ3n) is 3.44. The van der Waals surface area contributed by atoms with Gasteiger partial charge in [-0.1, -0.05) is 6.92 Å². The normalized spacial score (nSPS) is 17.3. The van der Waals surface area contributed by atoms with Gasteiger partial charge in [0.1, 0.15) is 5.76 Å². The van der Waals surface area contributed by atoms with Crippen LogP contribution in [0.3, 0.4) is 0 Å². The van der Waals surface area contributed by atoms with Crippen molar-refractivity contribution < 1.29 is 4.42 Å². The number of guanidine groups is 1. The zero-order chi connectivity index (χ0) is 13.5. The lowest BCUT2D eigenvalue weighted by atomic mass is 10.3. The van der Waals surface area contributed by atoms with Gasteiger partial charge in [-0.2, -0.15) is 0 Å². The van der Waals surface area contributed by atoms with E-state index in [-0.39, 0.29) is 0 Å².